The van der Waals surface area contributed by atoms with Crippen molar-refractivity contribution in [2.45, 2.75) is 38.0 Å². The zero-order valence-corrected chi connectivity index (χ0v) is 13.5. The third kappa shape index (κ3) is 2.57. The highest BCUT2D eigenvalue weighted by molar-refractivity contribution is 5.89. The van der Waals surface area contributed by atoms with Gasteiger partial charge in [-0.25, -0.2) is 0 Å². The Morgan fingerprint density at radius 2 is 2.08 bits per heavy atom. The molecule has 4 atom stereocenters. The monoisotopic (exact) mass is 327 g/mol. The summed E-state index contributed by atoms with van der Waals surface area (Å²) in [5, 5.41) is 7.08. The van der Waals surface area contributed by atoms with E-state index in [-0.39, 0.29) is 30.0 Å². The number of nitrogens with one attached hydrogen (secondary N) is 3. The molecule has 6 nitrogen and oxygen atoms in total. The second kappa shape index (κ2) is 5.94. The summed E-state index contributed by atoms with van der Waals surface area (Å²) in [6.45, 7) is 2.19. The van der Waals surface area contributed by atoms with Gasteiger partial charge in [0.05, 0.1) is 24.6 Å². The molecular formula is C18H21N3O3. The quantitative estimate of drug-likeness (QED) is 0.787. The lowest BCUT2D eigenvalue weighted by Crippen LogP contribution is -2.70. The fourth-order valence-corrected chi connectivity index (χ4v) is 4.00. The van der Waals surface area contributed by atoms with Gasteiger partial charge in [0.15, 0.2) is 0 Å². The molecule has 0 spiro atoms. The first-order chi connectivity index (χ1) is 11.6. The van der Waals surface area contributed by atoms with Crippen LogP contribution in [0.1, 0.15) is 18.9 Å². The van der Waals surface area contributed by atoms with Crippen molar-refractivity contribution in [1.29, 1.82) is 0 Å². The Morgan fingerprint density at radius 1 is 1.25 bits per heavy atom. The Labute approximate surface area is 139 Å². The van der Waals surface area contributed by atoms with Crippen molar-refractivity contribution < 1.29 is 14.3 Å². The Hall–Kier alpha value is -2.34. The summed E-state index contributed by atoms with van der Waals surface area (Å²) in [5.74, 6) is 0.184. The molecule has 126 valence electrons. The first-order valence-corrected chi connectivity index (χ1v) is 8.36. The molecule has 1 saturated heterocycles. The molecular weight excluding hydrogens is 306 g/mol. The van der Waals surface area contributed by atoms with Crippen LogP contribution in [0.4, 0.5) is 0 Å². The minimum atomic E-state index is -0.123. The van der Waals surface area contributed by atoms with Crippen LogP contribution in [0.25, 0.3) is 10.9 Å². The lowest BCUT2D eigenvalue weighted by molar-refractivity contribution is -0.129. The molecule has 2 fully saturated rings. The summed E-state index contributed by atoms with van der Waals surface area (Å²) in [4.78, 5) is 27.1. The fraction of sp³-hybridized carbons (Fsp3) is 0.444. The minimum absolute atomic E-state index is 0.0227. The van der Waals surface area contributed by atoms with Gasteiger partial charge in [-0.2, -0.15) is 0 Å². The standard InChI is InChI=1S/C18H21N3O3/c1-10(22)20-17-16(13-6-7-24-18(13)17)21-15(23)8-11-9-19-14-5-3-2-4-12(11)14/h2-5,9,13,16-19H,6-8H2,1H3,(H,20,22)(H,21,23)/t13-,16+,17-,18-/m1/s1. The lowest BCUT2D eigenvalue weighted by Gasteiger charge is -2.47. The van der Waals surface area contributed by atoms with Crippen LogP contribution in [0.3, 0.4) is 0 Å². The van der Waals surface area contributed by atoms with E-state index in [0.29, 0.717) is 18.9 Å². The van der Waals surface area contributed by atoms with Crippen LogP contribution in [0.5, 0.6) is 0 Å². The first-order valence-electron chi connectivity index (χ1n) is 8.36. The number of hydrogen-bond acceptors (Lipinski definition) is 3. The summed E-state index contributed by atoms with van der Waals surface area (Å²) in [6, 6.07) is 7.78. The smallest absolute Gasteiger partial charge is 0.224 e. The Morgan fingerprint density at radius 3 is 2.92 bits per heavy atom. The molecule has 1 saturated carbocycles. The van der Waals surface area contributed by atoms with Crippen LogP contribution in [0, 0.1) is 5.92 Å². The SMILES string of the molecule is CC(=O)N[C@@H]1[C@@H](NC(=O)Cc2c[nH]c3ccccc23)[C@H]2CCO[C@H]21. The number of aromatic nitrogens is 1. The van der Waals surface area contributed by atoms with E-state index in [2.05, 4.69) is 15.6 Å². The van der Waals surface area contributed by atoms with Crippen molar-refractivity contribution in [2.75, 3.05) is 6.61 Å². The first kappa shape index (κ1) is 15.2. The van der Waals surface area contributed by atoms with Gasteiger partial charge in [-0.3, -0.25) is 9.59 Å². The average Bonchev–Trinajstić information content (AvgIpc) is 3.16. The largest absolute Gasteiger partial charge is 0.376 e. The number of para-hydroxylation sites is 1. The maximum Gasteiger partial charge on any atom is 0.224 e. The Balaban J connectivity index is 1.44. The second-order valence-electron chi connectivity index (χ2n) is 6.64. The van der Waals surface area contributed by atoms with Gasteiger partial charge in [0.2, 0.25) is 11.8 Å². The van der Waals surface area contributed by atoms with Crippen LogP contribution < -0.4 is 10.6 Å². The molecule has 24 heavy (non-hydrogen) atoms. The van der Waals surface area contributed by atoms with Crippen LogP contribution in [0.15, 0.2) is 30.5 Å². The van der Waals surface area contributed by atoms with Crippen molar-refractivity contribution in [2.24, 2.45) is 5.92 Å². The highest BCUT2D eigenvalue weighted by atomic mass is 16.5. The number of aromatic amines is 1. The maximum absolute atomic E-state index is 12.5. The molecule has 2 heterocycles. The maximum atomic E-state index is 12.5. The second-order valence-corrected chi connectivity index (χ2v) is 6.64. The number of carbonyl (C=O) groups is 2. The zero-order valence-electron chi connectivity index (χ0n) is 13.5. The molecule has 4 rings (SSSR count). The van der Waals surface area contributed by atoms with Crippen LogP contribution in [-0.4, -0.2) is 41.6 Å². The van der Waals surface area contributed by atoms with Gasteiger partial charge in [-0.15, -0.1) is 0 Å². The van der Waals surface area contributed by atoms with Crippen molar-refractivity contribution in [3.8, 4) is 0 Å². The van der Waals surface area contributed by atoms with Gasteiger partial charge in [0.25, 0.3) is 0 Å². The average molecular weight is 327 g/mol. The summed E-state index contributed by atoms with van der Waals surface area (Å²) < 4.78 is 5.67. The molecule has 0 radical (unpaired) electrons. The molecule has 6 heteroatoms. The van der Waals surface area contributed by atoms with E-state index >= 15 is 0 Å². The highest BCUT2D eigenvalue weighted by Gasteiger charge is 2.54. The van der Waals surface area contributed by atoms with Gasteiger partial charge < -0.3 is 20.4 Å². The molecule has 0 bridgehead atoms. The van der Waals surface area contributed by atoms with E-state index in [1.165, 1.54) is 6.92 Å². The number of benzene rings is 1. The molecule has 1 aliphatic carbocycles. The summed E-state index contributed by atoms with van der Waals surface area (Å²) in [7, 11) is 0. The molecule has 0 unspecified atom stereocenters. The van der Waals surface area contributed by atoms with Crippen molar-refractivity contribution in [1.82, 2.24) is 15.6 Å². The van der Waals surface area contributed by atoms with E-state index in [9.17, 15) is 9.59 Å². The number of H-pyrrole nitrogens is 1. The van der Waals surface area contributed by atoms with E-state index in [1.807, 2.05) is 30.5 Å². The summed E-state index contributed by atoms with van der Waals surface area (Å²) >= 11 is 0. The topological polar surface area (TPSA) is 83.2 Å². The highest BCUT2D eigenvalue weighted by Crippen LogP contribution is 2.39. The van der Waals surface area contributed by atoms with E-state index in [1.54, 1.807) is 0 Å². The zero-order chi connectivity index (χ0) is 16.7. The summed E-state index contributed by atoms with van der Waals surface area (Å²) in [6.07, 6.45) is 3.18. The molecule has 1 aromatic heterocycles. The van der Waals surface area contributed by atoms with Crippen molar-refractivity contribution >= 4 is 22.7 Å². The normalized spacial score (nSPS) is 28.2. The number of carbonyl (C=O) groups excluding carboxylic acids is 2. The number of fused-ring (bicyclic) bond motifs is 2. The number of ether oxygens (including phenoxy) is 1. The number of hydrogen-bond donors (Lipinski definition) is 3. The molecule has 2 aliphatic rings. The molecule has 1 aromatic carbocycles. The predicted octanol–water partition coefficient (Wildman–Crippen LogP) is 1.12. The predicted molar refractivity (Wildman–Crippen MR) is 89.4 cm³/mol. The van der Waals surface area contributed by atoms with Crippen LogP contribution in [0.2, 0.25) is 0 Å². The third-order valence-electron chi connectivity index (χ3n) is 5.11. The van der Waals surface area contributed by atoms with Gasteiger partial charge >= 0.3 is 0 Å². The number of rotatable bonds is 4. The van der Waals surface area contributed by atoms with E-state index in [0.717, 1.165) is 22.9 Å². The number of amides is 2. The van der Waals surface area contributed by atoms with Crippen molar-refractivity contribution in [3.63, 3.8) is 0 Å². The molecule has 1 aliphatic heterocycles. The Kier molecular flexibility index (Phi) is 3.76. The van der Waals surface area contributed by atoms with Crippen molar-refractivity contribution in [3.05, 3.63) is 36.0 Å². The molecule has 3 N–H and O–H groups in total. The minimum Gasteiger partial charge on any atom is -0.376 e. The summed E-state index contributed by atoms with van der Waals surface area (Å²) in [5.41, 5.74) is 2.02. The van der Waals surface area contributed by atoms with E-state index in [4.69, 9.17) is 4.74 Å². The Bertz CT molecular complexity index is 785. The lowest BCUT2D eigenvalue weighted by atomic mass is 9.71. The fourth-order valence-electron chi connectivity index (χ4n) is 4.00. The van der Waals surface area contributed by atoms with Crippen LogP contribution in [-0.2, 0) is 20.7 Å². The van der Waals surface area contributed by atoms with E-state index < -0.39 is 0 Å². The van der Waals surface area contributed by atoms with Gasteiger partial charge in [0.1, 0.15) is 0 Å². The molecule has 2 aromatic rings. The van der Waals surface area contributed by atoms with Gasteiger partial charge in [-0.1, -0.05) is 18.2 Å². The molecule has 2 amide bonds. The van der Waals surface area contributed by atoms with Gasteiger partial charge in [-0.05, 0) is 18.1 Å². The van der Waals surface area contributed by atoms with Crippen LogP contribution >= 0.6 is 0 Å². The van der Waals surface area contributed by atoms with Gasteiger partial charge in [0, 0.05) is 36.5 Å². The third-order valence-corrected chi connectivity index (χ3v) is 5.11.